The largest absolute Gasteiger partial charge is 0.416 e. The molecule has 0 atom stereocenters. The van der Waals surface area contributed by atoms with Gasteiger partial charge in [-0.25, -0.2) is 4.79 Å². The maximum Gasteiger partial charge on any atom is 0.416 e. The molecule has 1 aromatic carbocycles. The molecule has 0 spiro atoms. The number of thiophene rings is 1. The third-order valence-corrected chi connectivity index (χ3v) is 4.67. The number of hydrogen-bond acceptors (Lipinski definition) is 2. The van der Waals surface area contributed by atoms with Crippen molar-refractivity contribution < 1.29 is 18.0 Å². The van der Waals surface area contributed by atoms with Crippen LogP contribution in [-0.2, 0) is 19.1 Å². The number of carbonyl (C=O) groups is 1. The topological polar surface area (TPSA) is 32.3 Å². The quantitative estimate of drug-likeness (QED) is 0.843. The van der Waals surface area contributed by atoms with Crippen LogP contribution < -0.4 is 5.32 Å². The predicted molar refractivity (Wildman–Crippen MR) is 89.1 cm³/mol. The molecule has 24 heavy (non-hydrogen) atoms. The first-order valence-corrected chi connectivity index (χ1v) is 8.33. The van der Waals surface area contributed by atoms with Gasteiger partial charge in [-0.15, -0.1) is 11.3 Å². The zero-order valence-corrected chi connectivity index (χ0v) is 14.3. The highest BCUT2D eigenvalue weighted by atomic mass is 32.1. The number of carbonyl (C=O) groups excluding carboxylic acids is 1. The molecule has 0 unspecified atom stereocenters. The van der Waals surface area contributed by atoms with Gasteiger partial charge >= 0.3 is 12.2 Å². The summed E-state index contributed by atoms with van der Waals surface area (Å²) >= 11 is 1.61. The Morgan fingerprint density at radius 1 is 1.21 bits per heavy atom. The fourth-order valence-corrected chi connectivity index (χ4v) is 3.12. The van der Waals surface area contributed by atoms with E-state index in [2.05, 4.69) is 5.32 Å². The molecule has 0 fully saturated rings. The average Bonchev–Trinajstić information content (AvgIpc) is 2.92. The molecule has 1 heterocycles. The van der Waals surface area contributed by atoms with Crippen molar-refractivity contribution in [3.8, 4) is 0 Å². The number of urea groups is 1. The van der Waals surface area contributed by atoms with Gasteiger partial charge in [-0.1, -0.05) is 12.1 Å². The van der Waals surface area contributed by atoms with Crippen molar-refractivity contribution in [2.24, 2.45) is 0 Å². The van der Waals surface area contributed by atoms with E-state index in [1.54, 1.807) is 23.3 Å². The molecule has 2 rings (SSSR count). The third-order valence-electron chi connectivity index (χ3n) is 3.67. The van der Waals surface area contributed by atoms with Gasteiger partial charge < -0.3 is 10.2 Å². The summed E-state index contributed by atoms with van der Waals surface area (Å²) in [7, 11) is 1.71. The molecule has 0 aliphatic carbocycles. The molecule has 0 aliphatic heterocycles. The summed E-state index contributed by atoms with van der Waals surface area (Å²) in [6.45, 7) is 2.91. The zero-order valence-electron chi connectivity index (χ0n) is 13.5. The van der Waals surface area contributed by atoms with E-state index in [4.69, 9.17) is 0 Å². The molecular weight excluding hydrogens is 337 g/mol. The van der Waals surface area contributed by atoms with Crippen LogP contribution >= 0.6 is 11.3 Å². The standard InChI is InChI=1S/C17H19F3N2OS/c1-12-8-10-24-15(12)11-22(2)16(23)21-9-7-13-3-5-14(6-4-13)17(18,19)20/h3-6,8,10H,7,9,11H2,1-2H3,(H,21,23). The SMILES string of the molecule is Cc1ccsc1CN(C)C(=O)NCCc1ccc(C(F)(F)F)cc1. The van der Waals surface area contributed by atoms with Crippen molar-refractivity contribution in [2.45, 2.75) is 26.1 Å². The highest BCUT2D eigenvalue weighted by Crippen LogP contribution is 2.29. The van der Waals surface area contributed by atoms with Crippen LogP contribution in [0.15, 0.2) is 35.7 Å². The van der Waals surface area contributed by atoms with E-state index in [-0.39, 0.29) is 6.03 Å². The summed E-state index contributed by atoms with van der Waals surface area (Å²) in [6.07, 6.45) is -3.84. The monoisotopic (exact) mass is 356 g/mol. The van der Waals surface area contributed by atoms with Crippen LogP contribution in [0.5, 0.6) is 0 Å². The van der Waals surface area contributed by atoms with Crippen LogP contribution in [0.2, 0.25) is 0 Å². The Morgan fingerprint density at radius 3 is 2.42 bits per heavy atom. The second kappa shape index (κ2) is 7.70. The number of halogens is 3. The van der Waals surface area contributed by atoms with Crippen LogP contribution in [-0.4, -0.2) is 24.5 Å². The van der Waals surface area contributed by atoms with E-state index in [0.29, 0.717) is 19.5 Å². The van der Waals surface area contributed by atoms with Gasteiger partial charge in [0.05, 0.1) is 12.1 Å². The van der Waals surface area contributed by atoms with E-state index >= 15 is 0 Å². The average molecular weight is 356 g/mol. The van der Waals surface area contributed by atoms with E-state index in [9.17, 15) is 18.0 Å². The Bertz CT molecular complexity index is 680. The minimum absolute atomic E-state index is 0.199. The summed E-state index contributed by atoms with van der Waals surface area (Å²) in [5.74, 6) is 0. The van der Waals surface area contributed by atoms with Gasteiger partial charge in [-0.05, 0) is 48.1 Å². The lowest BCUT2D eigenvalue weighted by atomic mass is 10.1. The lowest BCUT2D eigenvalue weighted by molar-refractivity contribution is -0.137. The van der Waals surface area contributed by atoms with Gasteiger partial charge in [0.25, 0.3) is 0 Å². The number of benzene rings is 1. The van der Waals surface area contributed by atoms with Gasteiger partial charge in [0.2, 0.25) is 0 Å². The van der Waals surface area contributed by atoms with Crippen molar-refractivity contribution in [1.82, 2.24) is 10.2 Å². The number of aryl methyl sites for hydroxylation is 1. The normalized spacial score (nSPS) is 11.4. The Labute approximate surface area is 143 Å². The highest BCUT2D eigenvalue weighted by molar-refractivity contribution is 7.10. The summed E-state index contributed by atoms with van der Waals surface area (Å²) in [6, 6.07) is 6.80. The third kappa shape index (κ3) is 4.99. The Balaban J connectivity index is 1.79. The highest BCUT2D eigenvalue weighted by Gasteiger charge is 2.29. The summed E-state index contributed by atoms with van der Waals surface area (Å²) in [5, 5.41) is 4.76. The molecule has 7 heteroatoms. The molecule has 0 saturated heterocycles. The van der Waals surface area contributed by atoms with Crippen molar-refractivity contribution in [2.75, 3.05) is 13.6 Å². The zero-order chi connectivity index (χ0) is 17.7. The Hall–Kier alpha value is -2.02. The molecule has 0 aliphatic rings. The number of nitrogens with zero attached hydrogens (tertiary/aromatic N) is 1. The van der Waals surface area contributed by atoms with E-state index in [0.717, 1.165) is 28.1 Å². The maximum absolute atomic E-state index is 12.5. The molecule has 0 bridgehead atoms. The summed E-state index contributed by atoms with van der Waals surface area (Å²) < 4.78 is 37.5. The molecule has 3 nitrogen and oxygen atoms in total. The summed E-state index contributed by atoms with van der Waals surface area (Å²) in [5.41, 5.74) is 1.24. The molecule has 1 N–H and O–H groups in total. The fourth-order valence-electron chi connectivity index (χ4n) is 2.16. The Kier molecular flexibility index (Phi) is 5.88. The number of amides is 2. The molecule has 2 amide bonds. The van der Waals surface area contributed by atoms with Crippen LogP contribution in [0.1, 0.15) is 21.6 Å². The van der Waals surface area contributed by atoms with Gasteiger partial charge in [0, 0.05) is 18.5 Å². The number of nitrogens with one attached hydrogen (secondary N) is 1. The van der Waals surface area contributed by atoms with Crippen LogP contribution in [0.3, 0.4) is 0 Å². The smallest absolute Gasteiger partial charge is 0.338 e. The van der Waals surface area contributed by atoms with Crippen LogP contribution in [0.25, 0.3) is 0 Å². The van der Waals surface area contributed by atoms with Gasteiger partial charge in [-0.3, -0.25) is 0 Å². The van der Waals surface area contributed by atoms with Gasteiger partial charge in [-0.2, -0.15) is 13.2 Å². The number of hydrogen-bond donors (Lipinski definition) is 1. The van der Waals surface area contributed by atoms with Crippen molar-refractivity contribution in [3.63, 3.8) is 0 Å². The van der Waals surface area contributed by atoms with Gasteiger partial charge in [0.15, 0.2) is 0 Å². The number of alkyl halides is 3. The van der Waals surface area contributed by atoms with Crippen molar-refractivity contribution in [3.05, 3.63) is 57.3 Å². The second-order valence-corrected chi connectivity index (χ2v) is 6.56. The molecule has 0 saturated carbocycles. The van der Waals surface area contributed by atoms with Crippen LogP contribution in [0.4, 0.5) is 18.0 Å². The molecule has 0 radical (unpaired) electrons. The summed E-state index contributed by atoms with van der Waals surface area (Å²) in [4.78, 5) is 14.8. The first-order chi connectivity index (χ1) is 11.3. The van der Waals surface area contributed by atoms with E-state index in [1.165, 1.54) is 12.1 Å². The first-order valence-electron chi connectivity index (χ1n) is 7.45. The van der Waals surface area contributed by atoms with E-state index in [1.807, 2.05) is 18.4 Å². The maximum atomic E-state index is 12.5. The van der Waals surface area contributed by atoms with E-state index < -0.39 is 11.7 Å². The van der Waals surface area contributed by atoms with Crippen molar-refractivity contribution in [1.29, 1.82) is 0 Å². The molecule has 1 aromatic heterocycles. The van der Waals surface area contributed by atoms with Crippen LogP contribution in [0, 0.1) is 6.92 Å². The van der Waals surface area contributed by atoms with Crippen molar-refractivity contribution >= 4 is 17.4 Å². The molecule has 130 valence electrons. The minimum atomic E-state index is -4.32. The molecular formula is C17H19F3N2OS. The lowest BCUT2D eigenvalue weighted by Gasteiger charge is -2.17. The lowest BCUT2D eigenvalue weighted by Crippen LogP contribution is -2.37. The predicted octanol–water partition coefficient (Wildman–Crippen LogP) is 4.46. The van der Waals surface area contributed by atoms with Gasteiger partial charge in [0.1, 0.15) is 0 Å². The number of rotatable bonds is 5. The fraction of sp³-hybridized carbons (Fsp3) is 0.353. The minimum Gasteiger partial charge on any atom is -0.338 e. The Morgan fingerprint density at radius 2 is 1.88 bits per heavy atom. The first kappa shape index (κ1) is 18.3. The molecule has 2 aromatic rings. The second-order valence-electron chi connectivity index (χ2n) is 5.56.